The number of halogens is 1. The number of nitrogens with one attached hydrogen (secondary N) is 2. The zero-order valence-corrected chi connectivity index (χ0v) is 17.0. The van der Waals surface area contributed by atoms with Crippen molar-refractivity contribution in [1.82, 2.24) is 10.6 Å². The van der Waals surface area contributed by atoms with E-state index >= 15 is 0 Å². The maximum atomic E-state index is 13.1. The molecule has 1 aliphatic carbocycles. The largest absolute Gasteiger partial charge is 0.343 e. The monoisotopic (exact) mass is 401 g/mol. The lowest BCUT2D eigenvalue weighted by molar-refractivity contribution is -0.127. The summed E-state index contributed by atoms with van der Waals surface area (Å²) >= 11 is 0. The quantitative estimate of drug-likeness (QED) is 0.679. The fourth-order valence-electron chi connectivity index (χ4n) is 3.02. The van der Waals surface area contributed by atoms with Crippen molar-refractivity contribution in [3.63, 3.8) is 0 Å². The van der Waals surface area contributed by atoms with E-state index in [1.807, 2.05) is 60.7 Å². The van der Waals surface area contributed by atoms with E-state index in [0.29, 0.717) is 12.3 Å². The minimum absolute atomic E-state index is 0. The van der Waals surface area contributed by atoms with Crippen molar-refractivity contribution in [2.45, 2.75) is 25.3 Å². The molecule has 0 unspecified atom stereocenters. The molecule has 0 bridgehead atoms. The minimum Gasteiger partial charge on any atom is -0.343 e. The summed E-state index contributed by atoms with van der Waals surface area (Å²) in [5.41, 5.74) is 1.82. The first-order valence-electron chi connectivity index (χ1n) is 9.50. The van der Waals surface area contributed by atoms with Crippen LogP contribution < -0.4 is 15.5 Å². The van der Waals surface area contributed by atoms with Gasteiger partial charge in [-0.1, -0.05) is 48.5 Å². The van der Waals surface area contributed by atoms with Gasteiger partial charge in [0.25, 0.3) is 0 Å². The first-order chi connectivity index (χ1) is 13.1. The van der Waals surface area contributed by atoms with Crippen molar-refractivity contribution < 1.29 is 9.59 Å². The van der Waals surface area contributed by atoms with E-state index in [1.165, 1.54) is 12.8 Å². The van der Waals surface area contributed by atoms with Crippen LogP contribution >= 0.6 is 12.4 Å². The summed E-state index contributed by atoms with van der Waals surface area (Å²) in [4.78, 5) is 27.0. The van der Waals surface area contributed by atoms with E-state index in [-0.39, 0.29) is 30.8 Å². The highest BCUT2D eigenvalue weighted by Gasteiger charge is 2.26. The number of para-hydroxylation sites is 1. The van der Waals surface area contributed by atoms with Crippen LogP contribution in [0.3, 0.4) is 0 Å². The maximum Gasteiger partial charge on any atom is 0.249 e. The van der Waals surface area contributed by atoms with Gasteiger partial charge in [-0.25, -0.2) is 0 Å². The van der Waals surface area contributed by atoms with Gasteiger partial charge < -0.3 is 15.5 Å². The molecule has 1 fully saturated rings. The van der Waals surface area contributed by atoms with E-state index < -0.39 is 6.04 Å². The Kier molecular flexibility index (Phi) is 8.48. The van der Waals surface area contributed by atoms with Crippen LogP contribution in [0.4, 0.5) is 5.69 Å². The van der Waals surface area contributed by atoms with Crippen LogP contribution in [0.25, 0.3) is 0 Å². The number of anilines is 1. The summed E-state index contributed by atoms with van der Waals surface area (Å²) < 4.78 is 0. The summed E-state index contributed by atoms with van der Waals surface area (Å²) in [6, 6.07) is 18.6. The molecule has 1 aliphatic rings. The third kappa shape index (κ3) is 6.66. The average Bonchev–Trinajstić information content (AvgIpc) is 3.52. The molecule has 28 heavy (non-hydrogen) atoms. The Bertz CT molecular complexity index is 751. The number of amides is 2. The number of nitrogens with zero attached hydrogens (tertiary/aromatic N) is 1. The molecule has 0 radical (unpaired) electrons. The molecule has 0 aromatic heterocycles. The summed E-state index contributed by atoms with van der Waals surface area (Å²) in [5.74, 6) is 0.441. The molecule has 0 aliphatic heterocycles. The Balaban J connectivity index is 0.00000280. The van der Waals surface area contributed by atoms with Gasteiger partial charge in [-0.2, -0.15) is 0 Å². The Hall–Kier alpha value is -2.37. The third-order valence-electron chi connectivity index (χ3n) is 4.81. The average molecular weight is 402 g/mol. The van der Waals surface area contributed by atoms with Gasteiger partial charge in [-0.05, 0) is 43.0 Å². The maximum absolute atomic E-state index is 13.1. The summed E-state index contributed by atoms with van der Waals surface area (Å²) in [7, 11) is 1.74. The predicted molar refractivity (Wildman–Crippen MR) is 115 cm³/mol. The Morgan fingerprint density at radius 2 is 1.64 bits per heavy atom. The lowest BCUT2D eigenvalue weighted by Gasteiger charge is -2.25. The van der Waals surface area contributed by atoms with Gasteiger partial charge in [-0.15, -0.1) is 12.4 Å². The molecule has 1 saturated carbocycles. The number of carbonyl (C=O) groups excluding carboxylic acids is 2. The highest BCUT2D eigenvalue weighted by molar-refractivity contribution is 5.99. The zero-order chi connectivity index (χ0) is 19.1. The second-order valence-electron chi connectivity index (χ2n) is 7.12. The molecule has 5 nitrogen and oxygen atoms in total. The predicted octanol–water partition coefficient (Wildman–Crippen LogP) is 2.80. The van der Waals surface area contributed by atoms with E-state index in [0.717, 1.165) is 17.8 Å². The van der Waals surface area contributed by atoms with Crippen LogP contribution in [0.2, 0.25) is 0 Å². The Labute approximate surface area is 172 Å². The molecule has 3 rings (SSSR count). The van der Waals surface area contributed by atoms with E-state index in [2.05, 4.69) is 10.6 Å². The van der Waals surface area contributed by atoms with Crippen LogP contribution in [0, 0.1) is 5.92 Å². The van der Waals surface area contributed by atoms with Gasteiger partial charge in [0.15, 0.2) is 0 Å². The van der Waals surface area contributed by atoms with E-state index in [4.69, 9.17) is 0 Å². The van der Waals surface area contributed by atoms with Crippen molar-refractivity contribution in [3.8, 4) is 0 Å². The SMILES string of the molecule is CN(C(=O)[C@H](Cc1ccccc1)NC(=O)CNCC1CC1)c1ccccc1.Cl. The van der Waals surface area contributed by atoms with Crippen molar-refractivity contribution >= 4 is 29.9 Å². The molecule has 2 aromatic rings. The Morgan fingerprint density at radius 3 is 2.25 bits per heavy atom. The van der Waals surface area contributed by atoms with Crippen LogP contribution in [0.15, 0.2) is 60.7 Å². The van der Waals surface area contributed by atoms with Gasteiger partial charge in [-0.3, -0.25) is 9.59 Å². The minimum atomic E-state index is -0.604. The standard InChI is InChI=1S/C22H27N3O2.ClH/c1-25(19-10-6-3-7-11-19)22(27)20(14-17-8-4-2-5-9-17)24-21(26)16-23-15-18-12-13-18;/h2-11,18,20,23H,12-16H2,1H3,(H,24,26);1H/t20-;/m0./s1. The topological polar surface area (TPSA) is 61.4 Å². The van der Waals surface area contributed by atoms with Crippen LogP contribution in [0.5, 0.6) is 0 Å². The van der Waals surface area contributed by atoms with Crippen molar-refractivity contribution in [2.75, 3.05) is 25.0 Å². The zero-order valence-electron chi connectivity index (χ0n) is 16.1. The number of benzene rings is 2. The summed E-state index contributed by atoms with van der Waals surface area (Å²) in [6.07, 6.45) is 2.95. The van der Waals surface area contributed by atoms with Gasteiger partial charge >= 0.3 is 0 Å². The Morgan fingerprint density at radius 1 is 1.04 bits per heavy atom. The number of hydrogen-bond acceptors (Lipinski definition) is 3. The molecule has 1 atom stereocenters. The molecular weight excluding hydrogens is 374 g/mol. The number of likely N-dealkylation sites (N-methyl/N-ethyl adjacent to an activating group) is 1. The second kappa shape index (κ2) is 10.8. The van der Waals surface area contributed by atoms with Gasteiger partial charge in [0, 0.05) is 19.2 Å². The number of hydrogen-bond donors (Lipinski definition) is 2. The molecule has 0 saturated heterocycles. The molecule has 6 heteroatoms. The fourth-order valence-corrected chi connectivity index (χ4v) is 3.02. The number of carbonyl (C=O) groups is 2. The molecule has 150 valence electrons. The molecule has 2 aromatic carbocycles. The third-order valence-corrected chi connectivity index (χ3v) is 4.81. The van der Waals surface area contributed by atoms with Crippen LogP contribution in [0.1, 0.15) is 18.4 Å². The molecule has 2 N–H and O–H groups in total. The highest BCUT2D eigenvalue weighted by atomic mass is 35.5. The number of rotatable bonds is 9. The smallest absolute Gasteiger partial charge is 0.249 e. The van der Waals surface area contributed by atoms with Crippen molar-refractivity contribution in [3.05, 3.63) is 66.2 Å². The van der Waals surface area contributed by atoms with Gasteiger partial charge in [0.05, 0.1) is 6.54 Å². The first kappa shape index (κ1) is 21.9. The normalized spacial score (nSPS) is 13.9. The van der Waals surface area contributed by atoms with E-state index in [1.54, 1.807) is 11.9 Å². The molecule has 2 amide bonds. The van der Waals surface area contributed by atoms with Gasteiger partial charge in [0.1, 0.15) is 6.04 Å². The first-order valence-corrected chi connectivity index (χ1v) is 9.50. The summed E-state index contributed by atoms with van der Waals surface area (Å²) in [6.45, 7) is 1.11. The van der Waals surface area contributed by atoms with Gasteiger partial charge in [0.2, 0.25) is 11.8 Å². The van der Waals surface area contributed by atoms with Crippen LogP contribution in [-0.2, 0) is 16.0 Å². The lowest BCUT2D eigenvalue weighted by atomic mass is 10.0. The highest BCUT2D eigenvalue weighted by Crippen LogP contribution is 2.27. The molecule has 0 heterocycles. The van der Waals surface area contributed by atoms with Crippen molar-refractivity contribution in [2.24, 2.45) is 5.92 Å². The fraction of sp³-hybridized carbons (Fsp3) is 0.364. The second-order valence-corrected chi connectivity index (χ2v) is 7.12. The summed E-state index contributed by atoms with van der Waals surface area (Å²) in [5, 5.41) is 6.10. The van der Waals surface area contributed by atoms with Crippen molar-refractivity contribution in [1.29, 1.82) is 0 Å². The van der Waals surface area contributed by atoms with Crippen LogP contribution in [-0.4, -0.2) is 38.0 Å². The molecule has 0 spiro atoms. The molecular formula is C22H28ClN3O2. The lowest BCUT2D eigenvalue weighted by Crippen LogP contribution is -2.50. The van der Waals surface area contributed by atoms with E-state index in [9.17, 15) is 9.59 Å².